The van der Waals surface area contributed by atoms with Crippen LogP contribution in [0.1, 0.15) is 103 Å². The van der Waals surface area contributed by atoms with Crippen LogP contribution in [-0.2, 0) is 33.2 Å². The number of amides is 2. The number of rotatable bonds is 14. The Kier molecular flexibility index (Phi) is 14.7. The summed E-state index contributed by atoms with van der Waals surface area (Å²) in [6, 6.07) is 18.0. The Morgan fingerprint density at radius 2 is 1.04 bits per heavy atom. The molecular weight excluding hydrogens is 628 g/mol. The normalized spacial score (nSPS) is 21.1. The molecule has 0 radical (unpaired) electrons. The molecule has 2 unspecified atom stereocenters. The molecule has 2 N–H and O–H groups in total. The summed E-state index contributed by atoms with van der Waals surface area (Å²) in [5.41, 5.74) is 0.276. The van der Waals surface area contributed by atoms with Crippen molar-refractivity contribution < 1.29 is 42.7 Å². The molecule has 0 saturated carbocycles. The third-order valence-electron chi connectivity index (χ3n) is 7.86. The first kappa shape index (κ1) is 38.6. The minimum atomic E-state index is -0.713. The first-order valence-electron chi connectivity index (χ1n) is 17.6. The van der Waals surface area contributed by atoms with E-state index in [1.807, 2.05) is 102 Å². The molecular formula is C38H56N2O9. The van der Waals surface area contributed by atoms with Crippen LogP contribution in [0.2, 0.25) is 0 Å². The number of carbonyl (C=O) groups is 2. The number of benzene rings is 2. The molecule has 2 aromatic carbocycles. The molecule has 11 nitrogen and oxygen atoms in total. The van der Waals surface area contributed by atoms with Gasteiger partial charge < -0.3 is 43.8 Å². The Balaban J connectivity index is 1.60. The van der Waals surface area contributed by atoms with Crippen molar-refractivity contribution in [3.8, 4) is 0 Å². The van der Waals surface area contributed by atoms with Crippen LogP contribution in [0.25, 0.3) is 0 Å². The molecule has 6 atom stereocenters. The van der Waals surface area contributed by atoms with Crippen molar-refractivity contribution in [2.75, 3.05) is 26.4 Å². The van der Waals surface area contributed by atoms with E-state index in [9.17, 15) is 9.59 Å². The zero-order valence-electron chi connectivity index (χ0n) is 30.0. The maximum Gasteiger partial charge on any atom is 0.408 e. The Morgan fingerprint density at radius 3 is 1.37 bits per heavy atom. The standard InChI is InChI=1S/C38H56N2O9/c1-37(2,3)48-35(41)39-29(33(27-17-9-7-10-18-27)46-31-21-13-15-23-44-31)25-43-26-30(40-36(42)49-38(4,5)6)34(28-19-11-8-12-20-28)47-32-22-14-16-24-45-32/h7-12,17-20,29-34H,13-16,21-26H2,1-6H3,(H,39,41)(H,40,42)/t29-,30-,31?,32?,33-,34-/m1/s1. The summed E-state index contributed by atoms with van der Waals surface area (Å²) in [7, 11) is 0. The quantitative estimate of drug-likeness (QED) is 0.210. The zero-order valence-corrected chi connectivity index (χ0v) is 30.0. The molecule has 0 bridgehead atoms. The van der Waals surface area contributed by atoms with Gasteiger partial charge in [0.2, 0.25) is 0 Å². The van der Waals surface area contributed by atoms with Crippen molar-refractivity contribution in [3.63, 3.8) is 0 Å². The van der Waals surface area contributed by atoms with Crippen molar-refractivity contribution in [1.29, 1.82) is 0 Å². The topological polar surface area (TPSA) is 123 Å². The minimum absolute atomic E-state index is 0.0272. The first-order chi connectivity index (χ1) is 23.4. The van der Waals surface area contributed by atoms with Crippen LogP contribution in [0, 0.1) is 0 Å². The van der Waals surface area contributed by atoms with Crippen LogP contribution >= 0.6 is 0 Å². The average molecular weight is 685 g/mol. The monoisotopic (exact) mass is 684 g/mol. The highest BCUT2D eigenvalue weighted by molar-refractivity contribution is 5.68. The molecule has 2 aromatic rings. The molecule has 2 amide bonds. The van der Waals surface area contributed by atoms with Crippen molar-refractivity contribution in [1.82, 2.24) is 10.6 Å². The molecule has 11 heteroatoms. The van der Waals surface area contributed by atoms with E-state index in [2.05, 4.69) is 10.6 Å². The van der Waals surface area contributed by atoms with Gasteiger partial charge in [-0.15, -0.1) is 0 Å². The molecule has 2 aliphatic heterocycles. The first-order valence-corrected chi connectivity index (χ1v) is 17.6. The molecule has 0 spiro atoms. The van der Waals surface area contributed by atoms with Crippen molar-refractivity contribution in [2.45, 2.75) is 128 Å². The largest absolute Gasteiger partial charge is 0.444 e. The van der Waals surface area contributed by atoms with E-state index in [-0.39, 0.29) is 13.2 Å². The second-order valence-corrected chi connectivity index (χ2v) is 14.6. The zero-order chi connectivity index (χ0) is 35.3. The summed E-state index contributed by atoms with van der Waals surface area (Å²) in [4.78, 5) is 26.4. The number of hydrogen-bond donors (Lipinski definition) is 2. The maximum absolute atomic E-state index is 13.2. The maximum atomic E-state index is 13.2. The Hall–Kier alpha value is -3.22. The summed E-state index contributed by atoms with van der Waals surface area (Å²) in [6.45, 7) is 12.1. The van der Waals surface area contributed by atoms with Gasteiger partial charge in [-0.2, -0.15) is 0 Å². The van der Waals surface area contributed by atoms with Crippen molar-refractivity contribution >= 4 is 12.2 Å². The molecule has 4 rings (SSSR count). The number of carbonyl (C=O) groups excluding carboxylic acids is 2. The summed E-state index contributed by atoms with van der Waals surface area (Å²) in [5.74, 6) is 0. The molecule has 2 saturated heterocycles. The van der Waals surface area contributed by atoms with Gasteiger partial charge >= 0.3 is 12.2 Å². The number of hydrogen-bond acceptors (Lipinski definition) is 9. The van der Waals surface area contributed by atoms with Gasteiger partial charge in [0.05, 0.1) is 25.3 Å². The number of nitrogens with one attached hydrogen (secondary N) is 2. The van der Waals surface area contributed by atoms with Crippen LogP contribution in [0.4, 0.5) is 9.59 Å². The van der Waals surface area contributed by atoms with Gasteiger partial charge in [-0.25, -0.2) is 9.59 Å². The molecule has 2 aliphatic rings. The van der Waals surface area contributed by atoms with E-state index in [0.29, 0.717) is 13.2 Å². The summed E-state index contributed by atoms with van der Waals surface area (Å²) in [5, 5.41) is 6.01. The third-order valence-corrected chi connectivity index (χ3v) is 7.86. The predicted molar refractivity (Wildman–Crippen MR) is 185 cm³/mol. The summed E-state index contributed by atoms with van der Waals surface area (Å²) in [6.07, 6.45) is 2.09. The smallest absolute Gasteiger partial charge is 0.408 e. The highest BCUT2D eigenvalue weighted by atomic mass is 16.7. The second kappa shape index (κ2) is 18.7. The molecule has 0 aliphatic carbocycles. The molecule has 0 aromatic heterocycles. The highest BCUT2D eigenvalue weighted by Gasteiger charge is 2.34. The predicted octanol–water partition coefficient (Wildman–Crippen LogP) is 7.36. The number of ether oxygens (including phenoxy) is 7. The lowest BCUT2D eigenvalue weighted by Crippen LogP contribution is -2.49. The van der Waals surface area contributed by atoms with E-state index >= 15 is 0 Å². The average Bonchev–Trinajstić information content (AvgIpc) is 3.05. The molecule has 2 fully saturated rings. The van der Waals surface area contributed by atoms with E-state index < -0.39 is 60.3 Å². The van der Waals surface area contributed by atoms with Crippen LogP contribution in [0.15, 0.2) is 60.7 Å². The van der Waals surface area contributed by atoms with E-state index in [0.717, 1.165) is 49.7 Å². The van der Waals surface area contributed by atoms with Gasteiger partial charge in [0.1, 0.15) is 23.4 Å². The Labute approximate surface area is 291 Å². The highest BCUT2D eigenvalue weighted by Crippen LogP contribution is 2.30. The fraction of sp³-hybridized carbons (Fsp3) is 0.632. The van der Waals surface area contributed by atoms with E-state index in [4.69, 9.17) is 33.2 Å². The van der Waals surface area contributed by atoms with Crippen molar-refractivity contribution in [2.24, 2.45) is 0 Å². The molecule has 49 heavy (non-hydrogen) atoms. The fourth-order valence-electron chi connectivity index (χ4n) is 5.71. The van der Waals surface area contributed by atoms with Crippen molar-refractivity contribution in [3.05, 3.63) is 71.8 Å². The van der Waals surface area contributed by atoms with Gasteiger partial charge in [0.25, 0.3) is 0 Å². The van der Waals surface area contributed by atoms with Crippen LogP contribution in [-0.4, -0.2) is 74.5 Å². The Bertz CT molecular complexity index is 1160. The Morgan fingerprint density at radius 1 is 0.653 bits per heavy atom. The van der Waals surface area contributed by atoms with E-state index in [1.165, 1.54) is 0 Å². The van der Waals surface area contributed by atoms with Crippen LogP contribution < -0.4 is 10.6 Å². The van der Waals surface area contributed by atoms with E-state index in [1.54, 1.807) is 0 Å². The van der Waals surface area contributed by atoms with Crippen LogP contribution in [0.3, 0.4) is 0 Å². The lowest BCUT2D eigenvalue weighted by molar-refractivity contribution is -0.202. The lowest BCUT2D eigenvalue weighted by Gasteiger charge is -2.35. The summed E-state index contributed by atoms with van der Waals surface area (Å²) >= 11 is 0. The number of alkyl carbamates (subject to hydrolysis) is 2. The van der Waals surface area contributed by atoms with Gasteiger partial charge in [-0.05, 0) is 91.2 Å². The SMILES string of the molecule is CC(C)(C)OC(=O)N[C@H](COC[C@@H](NC(=O)OC(C)(C)C)[C@H](OC1CCCCO1)c1ccccc1)[C@H](OC1CCCCO1)c1ccccc1. The fourth-order valence-corrected chi connectivity index (χ4v) is 5.71. The molecule has 2 heterocycles. The third kappa shape index (κ3) is 13.9. The van der Waals surface area contributed by atoms with Gasteiger partial charge in [0.15, 0.2) is 12.6 Å². The van der Waals surface area contributed by atoms with Crippen LogP contribution in [0.5, 0.6) is 0 Å². The minimum Gasteiger partial charge on any atom is -0.444 e. The second-order valence-electron chi connectivity index (χ2n) is 14.6. The summed E-state index contributed by atoms with van der Waals surface area (Å²) < 4.78 is 42.7. The molecule has 272 valence electrons. The van der Waals surface area contributed by atoms with Gasteiger partial charge in [-0.1, -0.05) is 60.7 Å². The van der Waals surface area contributed by atoms with Gasteiger partial charge in [-0.3, -0.25) is 0 Å². The van der Waals surface area contributed by atoms with Gasteiger partial charge in [0, 0.05) is 13.2 Å². The lowest BCUT2D eigenvalue weighted by atomic mass is 10.0.